The van der Waals surface area contributed by atoms with Crippen molar-refractivity contribution in [1.29, 1.82) is 0 Å². The van der Waals surface area contributed by atoms with Gasteiger partial charge in [-0.15, -0.1) is 0 Å². The van der Waals surface area contributed by atoms with E-state index in [1.807, 2.05) is 24.5 Å². The number of hydrogen-bond acceptors (Lipinski definition) is 5. The fourth-order valence-electron chi connectivity index (χ4n) is 3.72. The zero-order chi connectivity index (χ0) is 17.3. The van der Waals surface area contributed by atoms with Gasteiger partial charge in [0.15, 0.2) is 0 Å². The van der Waals surface area contributed by atoms with E-state index in [9.17, 15) is 0 Å². The highest BCUT2D eigenvalue weighted by Crippen LogP contribution is 2.40. The molecule has 1 aliphatic heterocycles. The minimum absolute atomic E-state index is 0.132. The van der Waals surface area contributed by atoms with Crippen LogP contribution in [0.15, 0.2) is 73.5 Å². The third-order valence-corrected chi connectivity index (χ3v) is 4.80. The van der Waals surface area contributed by atoms with E-state index < -0.39 is 0 Å². The van der Waals surface area contributed by atoms with Gasteiger partial charge in [-0.05, 0) is 40.7 Å². The molecule has 126 valence electrons. The summed E-state index contributed by atoms with van der Waals surface area (Å²) in [6, 6.07) is 14.7. The molecule has 3 heterocycles. The topological polar surface area (TPSA) is 62.7 Å². The van der Waals surface area contributed by atoms with Crippen LogP contribution in [-0.4, -0.2) is 21.6 Å². The van der Waals surface area contributed by atoms with Crippen molar-refractivity contribution in [2.45, 2.75) is 6.04 Å². The molecule has 5 rings (SSSR count). The van der Waals surface area contributed by atoms with Crippen molar-refractivity contribution in [3.05, 3.63) is 79.0 Å². The molecule has 0 spiro atoms. The van der Waals surface area contributed by atoms with Gasteiger partial charge >= 0.3 is 0 Å². The van der Waals surface area contributed by atoms with Gasteiger partial charge in [-0.25, -0.2) is 9.97 Å². The molecule has 2 aromatic carbocycles. The first-order valence-electron chi connectivity index (χ1n) is 8.62. The first-order chi connectivity index (χ1) is 12.9. The van der Waals surface area contributed by atoms with Gasteiger partial charge in [0.05, 0.1) is 23.9 Å². The Morgan fingerprint density at radius 2 is 1.77 bits per heavy atom. The molecule has 0 bridgehead atoms. The Bertz CT molecular complexity index is 1060. The van der Waals surface area contributed by atoms with Crippen molar-refractivity contribution in [3.8, 4) is 11.3 Å². The van der Waals surface area contributed by atoms with Gasteiger partial charge in [0.25, 0.3) is 0 Å². The minimum atomic E-state index is 0.132. The second kappa shape index (κ2) is 6.20. The van der Waals surface area contributed by atoms with Gasteiger partial charge < -0.3 is 5.32 Å². The maximum absolute atomic E-state index is 4.74. The highest BCUT2D eigenvalue weighted by molar-refractivity contribution is 6.13. The second-order valence-electron chi connectivity index (χ2n) is 6.25. The third-order valence-electron chi connectivity index (χ3n) is 4.80. The van der Waals surface area contributed by atoms with Crippen molar-refractivity contribution in [2.75, 3.05) is 6.67 Å². The average molecular weight is 339 g/mol. The number of aromatic nitrogens is 3. The molecule has 26 heavy (non-hydrogen) atoms. The number of fused-ring (bicyclic) bond motifs is 2. The summed E-state index contributed by atoms with van der Waals surface area (Å²) in [5.41, 5.74) is 4.16. The second-order valence-corrected chi connectivity index (χ2v) is 6.25. The number of rotatable bonds is 2. The fraction of sp³-hybridized carbons (Fsp3) is 0.0952. The van der Waals surface area contributed by atoms with Crippen LogP contribution < -0.4 is 10.6 Å². The molecule has 0 fully saturated rings. The van der Waals surface area contributed by atoms with Gasteiger partial charge in [0.1, 0.15) is 6.33 Å². The van der Waals surface area contributed by atoms with E-state index >= 15 is 0 Å². The van der Waals surface area contributed by atoms with Crippen LogP contribution in [0.4, 0.5) is 0 Å². The molecule has 2 aromatic heterocycles. The summed E-state index contributed by atoms with van der Waals surface area (Å²) in [5, 5.41) is 10.2. The van der Waals surface area contributed by atoms with E-state index in [-0.39, 0.29) is 6.04 Å². The summed E-state index contributed by atoms with van der Waals surface area (Å²) < 4.78 is 0. The third kappa shape index (κ3) is 2.33. The van der Waals surface area contributed by atoms with Crippen molar-refractivity contribution in [1.82, 2.24) is 25.6 Å². The monoisotopic (exact) mass is 339 g/mol. The zero-order valence-corrected chi connectivity index (χ0v) is 14.1. The number of pyridine rings is 1. The minimum Gasteiger partial charge on any atom is -0.379 e. The summed E-state index contributed by atoms with van der Waals surface area (Å²) >= 11 is 0. The van der Waals surface area contributed by atoms with Gasteiger partial charge in [0.2, 0.25) is 0 Å². The zero-order valence-electron chi connectivity index (χ0n) is 14.1. The Hall–Kier alpha value is -3.31. The smallest absolute Gasteiger partial charge is 0.116 e. The number of nitrogens with one attached hydrogen (secondary N) is 2. The van der Waals surface area contributed by atoms with Crippen LogP contribution in [0.1, 0.15) is 11.6 Å². The number of nitrogens with zero attached hydrogens (tertiary/aromatic N) is 3. The predicted molar refractivity (Wildman–Crippen MR) is 103 cm³/mol. The molecule has 0 saturated carbocycles. The summed E-state index contributed by atoms with van der Waals surface area (Å²) in [6.07, 6.45) is 9.37. The predicted octanol–water partition coefficient (Wildman–Crippen LogP) is 3.55. The normalized spacial score (nSPS) is 16.7. The molecule has 0 radical (unpaired) electrons. The molecule has 4 aromatic rings. The van der Waals surface area contributed by atoms with E-state index in [1.54, 1.807) is 12.5 Å². The Kier molecular flexibility index (Phi) is 3.57. The van der Waals surface area contributed by atoms with Crippen molar-refractivity contribution in [3.63, 3.8) is 0 Å². The number of hydrogen-bond donors (Lipinski definition) is 2. The lowest BCUT2D eigenvalue weighted by atomic mass is 9.89. The van der Waals surface area contributed by atoms with Crippen LogP contribution in [0.3, 0.4) is 0 Å². The quantitative estimate of drug-likeness (QED) is 0.547. The standard InChI is InChI=1S/C21H17N5/c1-2-5-15-14(4-1)19(17-7-10-22-12-25-17)16-6-3-9-24-21(16)20(15)18-8-11-23-13-26-18/h1-11,13,17,22,25H,12H2. The molecule has 0 amide bonds. The van der Waals surface area contributed by atoms with E-state index in [1.165, 1.54) is 10.9 Å². The summed E-state index contributed by atoms with van der Waals surface area (Å²) in [4.78, 5) is 13.3. The molecular formula is C21H17N5. The van der Waals surface area contributed by atoms with Crippen LogP contribution in [0.25, 0.3) is 32.9 Å². The summed E-state index contributed by atoms with van der Waals surface area (Å²) in [6.45, 7) is 0.741. The highest BCUT2D eigenvalue weighted by atomic mass is 15.1. The van der Waals surface area contributed by atoms with E-state index in [4.69, 9.17) is 4.98 Å². The van der Waals surface area contributed by atoms with Crippen LogP contribution in [0.2, 0.25) is 0 Å². The van der Waals surface area contributed by atoms with Crippen molar-refractivity contribution in [2.24, 2.45) is 0 Å². The van der Waals surface area contributed by atoms with Gasteiger partial charge in [-0.2, -0.15) is 0 Å². The molecule has 1 unspecified atom stereocenters. The lowest BCUT2D eigenvalue weighted by molar-refractivity contribution is 0.569. The van der Waals surface area contributed by atoms with Crippen LogP contribution in [0, 0.1) is 0 Å². The molecule has 5 nitrogen and oxygen atoms in total. The largest absolute Gasteiger partial charge is 0.379 e. The highest BCUT2D eigenvalue weighted by Gasteiger charge is 2.21. The summed E-state index contributed by atoms with van der Waals surface area (Å²) in [7, 11) is 0. The van der Waals surface area contributed by atoms with Crippen LogP contribution in [-0.2, 0) is 0 Å². The first kappa shape index (κ1) is 15.0. The number of benzene rings is 2. The van der Waals surface area contributed by atoms with E-state index in [0.717, 1.165) is 34.2 Å². The van der Waals surface area contributed by atoms with E-state index in [2.05, 4.69) is 57.0 Å². The Morgan fingerprint density at radius 3 is 2.58 bits per heavy atom. The lowest BCUT2D eigenvalue weighted by Gasteiger charge is -2.24. The Morgan fingerprint density at radius 1 is 0.885 bits per heavy atom. The van der Waals surface area contributed by atoms with Gasteiger partial charge in [0, 0.05) is 23.3 Å². The molecule has 2 N–H and O–H groups in total. The summed E-state index contributed by atoms with van der Waals surface area (Å²) in [5.74, 6) is 0. The van der Waals surface area contributed by atoms with Gasteiger partial charge in [-0.3, -0.25) is 10.3 Å². The Balaban J connectivity index is 1.95. The van der Waals surface area contributed by atoms with E-state index in [0.29, 0.717) is 0 Å². The van der Waals surface area contributed by atoms with Crippen molar-refractivity contribution >= 4 is 21.7 Å². The maximum atomic E-state index is 4.74. The average Bonchev–Trinajstić information content (AvgIpc) is 2.73. The van der Waals surface area contributed by atoms with Crippen molar-refractivity contribution < 1.29 is 0 Å². The van der Waals surface area contributed by atoms with Crippen LogP contribution in [0.5, 0.6) is 0 Å². The molecular weight excluding hydrogens is 322 g/mol. The molecule has 1 atom stereocenters. The van der Waals surface area contributed by atoms with Crippen LogP contribution >= 0.6 is 0 Å². The Labute approximate surface area is 150 Å². The fourth-order valence-corrected chi connectivity index (χ4v) is 3.72. The molecule has 1 aliphatic rings. The SMILES string of the molecule is C1=CC(c2c3ccccc3c(-c3ccncn3)c3ncccc23)NCN1. The first-order valence-corrected chi connectivity index (χ1v) is 8.62. The van der Waals surface area contributed by atoms with Gasteiger partial charge in [-0.1, -0.05) is 30.3 Å². The molecule has 5 heteroatoms. The molecule has 0 aliphatic carbocycles. The maximum Gasteiger partial charge on any atom is 0.116 e. The molecule has 0 saturated heterocycles. The lowest BCUT2D eigenvalue weighted by Crippen LogP contribution is -2.32.